The number of amides is 4. The lowest BCUT2D eigenvalue weighted by atomic mass is 9.99. The van der Waals surface area contributed by atoms with Crippen LogP contribution in [-0.2, 0) is 27.2 Å². The number of aliphatic carboxylic acids is 1. The van der Waals surface area contributed by atoms with E-state index in [1.54, 1.807) is 11.1 Å². The zero-order chi connectivity index (χ0) is 33.0. The Morgan fingerprint density at radius 3 is 2.30 bits per heavy atom. The number of nitrogens with one attached hydrogen (secondary N) is 4. The first-order valence-corrected chi connectivity index (χ1v) is 16.2. The molecule has 0 spiro atoms. The van der Waals surface area contributed by atoms with Gasteiger partial charge in [0.15, 0.2) is 0 Å². The molecule has 12 heteroatoms. The van der Waals surface area contributed by atoms with E-state index in [1.807, 2.05) is 38.1 Å². The number of aromatic amines is 1. The van der Waals surface area contributed by atoms with Crippen LogP contribution >= 0.6 is 11.6 Å². The number of piperidine rings is 1. The molecule has 2 unspecified atom stereocenters. The Morgan fingerprint density at radius 2 is 1.63 bits per heavy atom. The topological polar surface area (TPSA) is 144 Å². The van der Waals surface area contributed by atoms with Crippen molar-refractivity contribution in [2.75, 3.05) is 13.1 Å². The number of carboxylic acid groups (broad SMARTS) is 1. The van der Waals surface area contributed by atoms with E-state index in [0.717, 1.165) is 41.8 Å². The van der Waals surface area contributed by atoms with E-state index in [1.165, 1.54) is 12.1 Å². The van der Waals surface area contributed by atoms with Gasteiger partial charge in [-0.05, 0) is 72.8 Å². The molecule has 0 radical (unpaired) electrons. The Balaban J connectivity index is 1.35. The summed E-state index contributed by atoms with van der Waals surface area (Å²) >= 11 is 5.89. The normalized spacial score (nSPS) is 19.5. The predicted octanol–water partition coefficient (Wildman–Crippen LogP) is 4.66. The lowest BCUT2D eigenvalue weighted by Gasteiger charge is -2.33. The molecule has 5 N–H and O–H groups in total. The van der Waals surface area contributed by atoms with Crippen LogP contribution in [0.3, 0.4) is 0 Å². The first kappa shape index (κ1) is 33.2. The smallest absolute Gasteiger partial charge is 0.326 e. The SMILES string of the molecule is CC(C)C[C@H](NC(=O)N1CC2CCC(C2)C1)C(=O)N[C@H](Cc1c[nH]c2ccccc12)C(=O)N[C@H](Cc1ccc(F)c(Cl)c1)C(=O)O. The van der Waals surface area contributed by atoms with Crippen molar-refractivity contribution in [3.8, 4) is 0 Å². The monoisotopic (exact) mass is 653 g/mol. The van der Waals surface area contributed by atoms with Gasteiger partial charge in [-0.3, -0.25) is 9.59 Å². The fraction of sp³-hybridized carbons (Fsp3) is 0.471. The van der Waals surface area contributed by atoms with Crippen LogP contribution in [0.2, 0.25) is 5.02 Å². The van der Waals surface area contributed by atoms with Gasteiger partial charge >= 0.3 is 12.0 Å². The molecular weight excluding hydrogens is 613 g/mol. The first-order chi connectivity index (χ1) is 22.0. The van der Waals surface area contributed by atoms with Crippen molar-refractivity contribution >= 4 is 46.3 Å². The molecule has 1 aliphatic heterocycles. The number of benzene rings is 2. The van der Waals surface area contributed by atoms with E-state index in [4.69, 9.17) is 11.6 Å². The number of carbonyl (C=O) groups excluding carboxylic acids is 3. The van der Waals surface area contributed by atoms with Gasteiger partial charge in [0.2, 0.25) is 11.8 Å². The maximum Gasteiger partial charge on any atom is 0.326 e. The number of carboxylic acids is 1. The summed E-state index contributed by atoms with van der Waals surface area (Å²) < 4.78 is 13.7. The summed E-state index contributed by atoms with van der Waals surface area (Å²) in [5.74, 6) is -2.14. The summed E-state index contributed by atoms with van der Waals surface area (Å²) in [6.45, 7) is 5.23. The average Bonchev–Trinajstić information content (AvgIpc) is 3.58. The summed E-state index contributed by atoms with van der Waals surface area (Å²) in [5, 5.41) is 19.0. The van der Waals surface area contributed by atoms with Crippen molar-refractivity contribution in [2.45, 2.75) is 70.5 Å². The summed E-state index contributed by atoms with van der Waals surface area (Å²) in [6.07, 6.45) is 5.37. The highest BCUT2D eigenvalue weighted by Crippen LogP contribution is 2.36. The van der Waals surface area contributed by atoms with Gasteiger partial charge in [-0.2, -0.15) is 0 Å². The second-order valence-electron chi connectivity index (χ2n) is 13.1. The Morgan fingerprint density at radius 1 is 0.957 bits per heavy atom. The van der Waals surface area contributed by atoms with Crippen LogP contribution in [-0.4, -0.2) is 70.0 Å². The third-order valence-electron chi connectivity index (χ3n) is 8.99. The van der Waals surface area contributed by atoms with E-state index in [9.17, 15) is 28.7 Å². The number of rotatable bonds is 12. The minimum absolute atomic E-state index is 0.0633. The van der Waals surface area contributed by atoms with Crippen molar-refractivity contribution < 1.29 is 28.7 Å². The van der Waals surface area contributed by atoms with Gasteiger partial charge in [0.25, 0.3) is 0 Å². The molecule has 4 amide bonds. The molecule has 2 aliphatic rings. The summed E-state index contributed by atoms with van der Waals surface area (Å²) in [5.41, 5.74) is 2.02. The van der Waals surface area contributed by atoms with Gasteiger partial charge in [0.1, 0.15) is 23.9 Å². The Labute approximate surface area is 272 Å². The maximum absolute atomic E-state index is 13.8. The molecule has 5 atom stereocenters. The second kappa shape index (κ2) is 14.5. The lowest BCUT2D eigenvalue weighted by molar-refractivity contribution is -0.142. The molecule has 246 valence electrons. The number of aromatic nitrogens is 1. The molecule has 1 saturated heterocycles. The van der Waals surface area contributed by atoms with Gasteiger partial charge in [-0.1, -0.05) is 49.7 Å². The van der Waals surface area contributed by atoms with Gasteiger partial charge in [-0.25, -0.2) is 14.0 Å². The van der Waals surface area contributed by atoms with E-state index in [0.29, 0.717) is 36.9 Å². The third kappa shape index (κ3) is 8.17. The largest absolute Gasteiger partial charge is 0.480 e. The van der Waals surface area contributed by atoms with Crippen molar-refractivity contribution in [1.29, 1.82) is 0 Å². The van der Waals surface area contributed by atoms with E-state index < -0.39 is 41.7 Å². The number of hydrogen-bond acceptors (Lipinski definition) is 4. The van der Waals surface area contributed by atoms with Gasteiger partial charge in [0.05, 0.1) is 5.02 Å². The van der Waals surface area contributed by atoms with Crippen LogP contribution in [0.25, 0.3) is 10.9 Å². The van der Waals surface area contributed by atoms with Crippen molar-refractivity contribution in [3.63, 3.8) is 0 Å². The molecular formula is C34H41ClFN5O5. The van der Waals surface area contributed by atoms with Crippen molar-refractivity contribution in [3.05, 3.63) is 70.6 Å². The highest BCUT2D eigenvalue weighted by molar-refractivity contribution is 6.30. The Kier molecular flexibility index (Phi) is 10.5. The van der Waals surface area contributed by atoms with Crippen LogP contribution in [0.1, 0.15) is 50.7 Å². The van der Waals surface area contributed by atoms with Crippen molar-refractivity contribution in [1.82, 2.24) is 25.8 Å². The predicted molar refractivity (Wildman–Crippen MR) is 173 cm³/mol. The summed E-state index contributed by atoms with van der Waals surface area (Å²) in [6, 6.07) is 7.64. The third-order valence-corrected chi connectivity index (χ3v) is 9.28. The molecule has 1 aromatic heterocycles. The molecule has 10 nitrogen and oxygen atoms in total. The van der Waals surface area contributed by atoms with Crippen LogP contribution in [0.5, 0.6) is 0 Å². The fourth-order valence-corrected chi connectivity index (χ4v) is 6.90. The van der Waals surface area contributed by atoms with Crippen molar-refractivity contribution in [2.24, 2.45) is 17.8 Å². The van der Waals surface area contributed by atoms with Gasteiger partial charge in [0, 0.05) is 43.0 Å². The standard InChI is InChI=1S/C34H41ClFN5O5/c1-19(2)11-28(40-34(46)41-17-21-7-8-22(12-21)18-41)31(42)38-29(15-23-16-37-27-6-4-3-5-24(23)27)32(43)39-30(33(44)45)14-20-9-10-26(36)25(35)13-20/h3-6,9-10,13,16,19,21-22,28-30,37H,7-8,11-12,14-15,17-18H2,1-2H3,(H,38,42)(H,39,43)(H,40,46)(H,44,45)/t21?,22?,28-,29+,30+/m0/s1. The Hall–Kier alpha value is -4.12. The second-order valence-corrected chi connectivity index (χ2v) is 13.5. The van der Waals surface area contributed by atoms with Crippen LogP contribution < -0.4 is 16.0 Å². The molecule has 1 aliphatic carbocycles. The highest BCUT2D eigenvalue weighted by Gasteiger charge is 2.37. The zero-order valence-electron chi connectivity index (χ0n) is 26.0. The van der Waals surface area contributed by atoms with Gasteiger partial charge in [-0.15, -0.1) is 0 Å². The minimum atomic E-state index is -1.38. The number of likely N-dealkylation sites (tertiary alicyclic amines) is 1. The molecule has 3 aromatic rings. The molecule has 1 saturated carbocycles. The highest BCUT2D eigenvalue weighted by atomic mass is 35.5. The quantitative estimate of drug-likeness (QED) is 0.193. The molecule has 5 rings (SSSR count). The number of H-pyrrole nitrogens is 1. The minimum Gasteiger partial charge on any atom is -0.480 e. The molecule has 2 bridgehead atoms. The summed E-state index contributed by atoms with van der Waals surface area (Å²) in [7, 11) is 0. The number of carbonyl (C=O) groups is 4. The molecule has 2 fully saturated rings. The number of hydrogen-bond donors (Lipinski definition) is 5. The maximum atomic E-state index is 13.8. The Bertz CT molecular complexity index is 1580. The number of para-hydroxylation sites is 1. The number of nitrogens with zero attached hydrogens (tertiary/aromatic N) is 1. The van der Waals surface area contributed by atoms with Crippen LogP contribution in [0.4, 0.5) is 9.18 Å². The van der Waals surface area contributed by atoms with E-state index >= 15 is 0 Å². The van der Waals surface area contributed by atoms with Gasteiger partial charge < -0.3 is 30.9 Å². The summed E-state index contributed by atoms with van der Waals surface area (Å²) in [4.78, 5) is 58.1. The van der Waals surface area contributed by atoms with Crippen LogP contribution in [0, 0.1) is 23.6 Å². The zero-order valence-corrected chi connectivity index (χ0v) is 26.8. The fourth-order valence-electron chi connectivity index (χ4n) is 6.69. The van der Waals surface area contributed by atoms with Crippen LogP contribution in [0.15, 0.2) is 48.7 Å². The lowest BCUT2D eigenvalue weighted by Crippen LogP contribution is -2.58. The molecule has 2 heterocycles. The molecule has 2 aromatic carbocycles. The number of fused-ring (bicyclic) bond motifs is 3. The van der Waals surface area contributed by atoms with E-state index in [-0.39, 0.29) is 29.8 Å². The number of halogens is 2. The number of urea groups is 1. The van der Waals surface area contributed by atoms with E-state index in [2.05, 4.69) is 20.9 Å². The molecule has 46 heavy (non-hydrogen) atoms. The first-order valence-electron chi connectivity index (χ1n) is 15.8. The average molecular weight is 654 g/mol.